The molecule has 0 spiro atoms. The Kier molecular flexibility index (Phi) is 7.14. The second kappa shape index (κ2) is 9.16. The van der Waals surface area contributed by atoms with Crippen molar-refractivity contribution in [3.05, 3.63) is 42.0 Å². The van der Waals surface area contributed by atoms with Gasteiger partial charge in [0.25, 0.3) is 10.1 Å². The summed E-state index contributed by atoms with van der Waals surface area (Å²) < 4.78 is 36.2. The Balaban J connectivity index is 1.82. The Labute approximate surface area is 165 Å². The number of nitrogens with zero attached hydrogens (tertiary/aromatic N) is 3. The third kappa shape index (κ3) is 6.93. The van der Waals surface area contributed by atoms with Gasteiger partial charge in [0.2, 0.25) is 0 Å². The van der Waals surface area contributed by atoms with Crippen LogP contribution in [0.5, 0.6) is 0 Å². The standard InChI is InChI=1S/C18H26N4O5S/c1-14-5-7-15(8-6-14)28(24,25)26-12-11-22-16(20-13-21-22)9-10-19-17(23)27-18(2,3)4/h5-8,13H,9-12H2,1-4H3,(H,19,23). The maximum atomic E-state index is 12.2. The zero-order valence-electron chi connectivity index (χ0n) is 16.5. The third-order valence-electron chi connectivity index (χ3n) is 3.56. The van der Waals surface area contributed by atoms with Gasteiger partial charge in [-0.1, -0.05) is 17.7 Å². The first-order valence-corrected chi connectivity index (χ1v) is 10.3. The van der Waals surface area contributed by atoms with Crippen LogP contribution in [0.15, 0.2) is 35.5 Å². The van der Waals surface area contributed by atoms with Gasteiger partial charge in [-0.3, -0.25) is 4.18 Å². The number of alkyl carbamates (subject to hydrolysis) is 1. The van der Waals surface area contributed by atoms with Gasteiger partial charge in [-0.15, -0.1) is 0 Å². The van der Waals surface area contributed by atoms with Crippen molar-refractivity contribution in [1.82, 2.24) is 20.1 Å². The van der Waals surface area contributed by atoms with Crippen molar-refractivity contribution in [2.45, 2.75) is 51.2 Å². The van der Waals surface area contributed by atoms with Crippen molar-refractivity contribution in [3.63, 3.8) is 0 Å². The number of hydrogen-bond donors (Lipinski definition) is 1. The zero-order valence-corrected chi connectivity index (χ0v) is 17.3. The van der Waals surface area contributed by atoms with Crippen LogP contribution < -0.4 is 5.32 Å². The molecule has 0 aliphatic carbocycles. The number of aryl methyl sites for hydroxylation is 1. The van der Waals surface area contributed by atoms with Crippen molar-refractivity contribution >= 4 is 16.2 Å². The van der Waals surface area contributed by atoms with Crippen molar-refractivity contribution in [2.24, 2.45) is 0 Å². The normalized spacial score (nSPS) is 12.0. The molecule has 1 aromatic carbocycles. The molecule has 0 fully saturated rings. The van der Waals surface area contributed by atoms with Crippen molar-refractivity contribution in [1.29, 1.82) is 0 Å². The summed E-state index contributed by atoms with van der Waals surface area (Å²) in [6.45, 7) is 7.69. The molecule has 2 aromatic rings. The van der Waals surface area contributed by atoms with E-state index in [1.165, 1.54) is 18.5 Å². The first-order valence-electron chi connectivity index (χ1n) is 8.86. The Morgan fingerprint density at radius 3 is 2.54 bits per heavy atom. The highest BCUT2D eigenvalue weighted by Gasteiger charge is 2.17. The minimum Gasteiger partial charge on any atom is -0.444 e. The zero-order chi connectivity index (χ0) is 20.8. The molecule has 0 aliphatic rings. The fourth-order valence-electron chi connectivity index (χ4n) is 2.27. The maximum absolute atomic E-state index is 12.2. The van der Waals surface area contributed by atoms with Crippen LogP contribution in [0.25, 0.3) is 0 Å². The van der Waals surface area contributed by atoms with E-state index in [9.17, 15) is 13.2 Å². The van der Waals surface area contributed by atoms with Gasteiger partial charge in [0.05, 0.1) is 18.0 Å². The predicted molar refractivity (Wildman–Crippen MR) is 102 cm³/mol. The molecule has 1 aromatic heterocycles. The smallest absolute Gasteiger partial charge is 0.407 e. The quantitative estimate of drug-likeness (QED) is 0.663. The van der Waals surface area contributed by atoms with E-state index in [4.69, 9.17) is 8.92 Å². The summed E-state index contributed by atoms with van der Waals surface area (Å²) in [6.07, 6.45) is 1.28. The molecule has 0 saturated carbocycles. The van der Waals surface area contributed by atoms with E-state index in [-0.39, 0.29) is 18.0 Å². The highest BCUT2D eigenvalue weighted by Crippen LogP contribution is 2.13. The number of carbonyl (C=O) groups excluding carboxylic acids is 1. The monoisotopic (exact) mass is 410 g/mol. The summed E-state index contributed by atoms with van der Waals surface area (Å²) in [5.41, 5.74) is 0.399. The van der Waals surface area contributed by atoms with E-state index in [2.05, 4.69) is 15.4 Å². The first kappa shape index (κ1) is 21.8. The van der Waals surface area contributed by atoms with Crippen LogP contribution in [-0.4, -0.2) is 48.0 Å². The largest absolute Gasteiger partial charge is 0.444 e. The third-order valence-corrected chi connectivity index (χ3v) is 4.89. The van der Waals surface area contributed by atoms with Crippen LogP contribution in [0.3, 0.4) is 0 Å². The fraction of sp³-hybridized carbons (Fsp3) is 0.500. The summed E-state index contributed by atoms with van der Waals surface area (Å²) in [7, 11) is -3.82. The Hall–Kier alpha value is -2.46. The lowest BCUT2D eigenvalue weighted by molar-refractivity contribution is 0.0528. The van der Waals surface area contributed by atoms with E-state index in [0.717, 1.165) is 5.56 Å². The van der Waals surface area contributed by atoms with Crippen molar-refractivity contribution < 1.29 is 22.1 Å². The van der Waals surface area contributed by atoms with Crippen LogP contribution in [-0.2, 0) is 32.0 Å². The molecule has 0 radical (unpaired) electrons. The first-order chi connectivity index (χ1) is 13.1. The molecule has 0 bridgehead atoms. The van der Waals surface area contributed by atoms with E-state index in [1.54, 1.807) is 37.6 Å². The summed E-state index contributed by atoms with van der Waals surface area (Å²) in [4.78, 5) is 15.9. The Morgan fingerprint density at radius 2 is 1.89 bits per heavy atom. The SMILES string of the molecule is Cc1ccc(S(=O)(=O)OCCn2ncnc2CCNC(=O)OC(C)(C)C)cc1. The number of ether oxygens (including phenoxy) is 1. The maximum Gasteiger partial charge on any atom is 0.407 e. The molecule has 1 amide bonds. The molecule has 10 heteroatoms. The van der Waals surface area contributed by atoms with Gasteiger partial charge in [-0.2, -0.15) is 13.5 Å². The van der Waals surface area contributed by atoms with Gasteiger partial charge in [-0.25, -0.2) is 14.5 Å². The molecular weight excluding hydrogens is 384 g/mol. The summed E-state index contributed by atoms with van der Waals surface area (Å²) in [5.74, 6) is 0.604. The average molecular weight is 410 g/mol. The highest BCUT2D eigenvalue weighted by atomic mass is 32.2. The molecule has 0 unspecified atom stereocenters. The second-order valence-corrected chi connectivity index (χ2v) is 8.78. The number of amides is 1. The predicted octanol–water partition coefficient (Wildman–Crippen LogP) is 2.06. The molecule has 154 valence electrons. The number of carbonyl (C=O) groups is 1. The lowest BCUT2D eigenvalue weighted by Crippen LogP contribution is -2.33. The van der Waals surface area contributed by atoms with Gasteiger partial charge in [-0.05, 0) is 39.8 Å². The van der Waals surface area contributed by atoms with E-state index in [1.807, 2.05) is 6.92 Å². The van der Waals surface area contributed by atoms with E-state index >= 15 is 0 Å². The van der Waals surface area contributed by atoms with Crippen molar-refractivity contribution in [3.8, 4) is 0 Å². The topological polar surface area (TPSA) is 112 Å². The van der Waals surface area contributed by atoms with Crippen LogP contribution in [0.4, 0.5) is 4.79 Å². The number of rotatable bonds is 8. The molecule has 1 N–H and O–H groups in total. The van der Waals surface area contributed by atoms with Crippen molar-refractivity contribution in [2.75, 3.05) is 13.2 Å². The second-order valence-electron chi connectivity index (χ2n) is 7.17. The minimum atomic E-state index is -3.82. The number of benzene rings is 1. The van der Waals surface area contributed by atoms with E-state index in [0.29, 0.717) is 18.8 Å². The summed E-state index contributed by atoms with van der Waals surface area (Å²) in [5, 5.41) is 6.71. The molecule has 9 nitrogen and oxygen atoms in total. The molecule has 0 aliphatic heterocycles. The van der Waals surface area contributed by atoms with Crippen LogP contribution in [0.2, 0.25) is 0 Å². The van der Waals surface area contributed by atoms with Crippen LogP contribution >= 0.6 is 0 Å². The molecule has 28 heavy (non-hydrogen) atoms. The van der Waals surface area contributed by atoms with Gasteiger partial charge in [0.1, 0.15) is 17.8 Å². The average Bonchev–Trinajstić information content (AvgIpc) is 3.01. The minimum absolute atomic E-state index is 0.0773. The van der Waals surface area contributed by atoms with Gasteiger partial charge in [0, 0.05) is 13.0 Å². The number of hydrogen-bond acceptors (Lipinski definition) is 7. The molecule has 0 saturated heterocycles. The number of aromatic nitrogens is 3. The molecule has 1 heterocycles. The van der Waals surface area contributed by atoms with Gasteiger partial charge < -0.3 is 10.1 Å². The van der Waals surface area contributed by atoms with Crippen LogP contribution in [0.1, 0.15) is 32.2 Å². The van der Waals surface area contributed by atoms with Crippen LogP contribution in [0, 0.1) is 6.92 Å². The molecule has 2 rings (SSSR count). The lowest BCUT2D eigenvalue weighted by Gasteiger charge is -2.19. The lowest BCUT2D eigenvalue weighted by atomic mass is 10.2. The van der Waals surface area contributed by atoms with Gasteiger partial charge >= 0.3 is 6.09 Å². The van der Waals surface area contributed by atoms with Gasteiger partial charge in [0.15, 0.2) is 0 Å². The summed E-state index contributed by atoms with van der Waals surface area (Å²) >= 11 is 0. The Bertz CT molecular complexity index is 885. The molecular formula is C18H26N4O5S. The summed E-state index contributed by atoms with van der Waals surface area (Å²) in [6, 6.07) is 6.44. The molecule has 0 atom stereocenters. The highest BCUT2D eigenvalue weighted by molar-refractivity contribution is 7.86. The number of nitrogens with one attached hydrogen (secondary N) is 1. The fourth-order valence-corrected chi connectivity index (χ4v) is 3.16. The van der Waals surface area contributed by atoms with E-state index < -0.39 is 21.8 Å². The Morgan fingerprint density at radius 1 is 1.21 bits per heavy atom.